The summed E-state index contributed by atoms with van der Waals surface area (Å²) in [5.74, 6) is 0. The number of alkyl halides is 3. The average Bonchev–Trinajstić information content (AvgIpc) is 2.73. The highest BCUT2D eigenvalue weighted by Crippen LogP contribution is 2.32. The molecule has 0 aliphatic rings. The smallest absolute Gasteiger partial charge is 0.389 e. The minimum atomic E-state index is -4.44. The summed E-state index contributed by atoms with van der Waals surface area (Å²) < 4.78 is 39.6. The van der Waals surface area contributed by atoms with Crippen LogP contribution in [-0.2, 0) is 13.2 Å². The molecular weight excluding hydrogens is 289 g/mol. The van der Waals surface area contributed by atoms with Crippen LogP contribution in [0, 0.1) is 0 Å². The van der Waals surface area contributed by atoms with E-state index in [2.05, 4.69) is 10.4 Å². The van der Waals surface area contributed by atoms with Gasteiger partial charge in [-0.25, -0.2) is 0 Å². The van der Waals surface area contributed by atoms with Crippen LogP contribution >= 0.6 is 12.2 Å². The molecule has 0 atom stereocenters. The number of nitrogens with one attached hydrogen (secondary N) is 1. The van der Waals surface area contributed by atoms with E-state index in [9.17, 15) is 13.2 Å². The molecule has 0 amide bonds. The minimum absolute atomic E-state index is 0.109. The molecule has 4 nitrogen and oxygen atoms in total. The second-order valence-corrected chi connectivity index (χ2v) is 4.59. The number of aryl methyl sites for hydroxylation is 1. The Morgan fingerprint density at radius 3 is 2.60 bits per heavy atom. The Kier molecular flexibility index (Phi) is 3.67. The molecule has 1 aromatic carbocycles. The largest absolute Gasteiger partial charge is 0.416 e. The molecule has 2 aromatic rings. The average molecular weight is 300 g/mol. The van der Waals surface area contributed by atoms with E-state index < -0.39 is 11.7 Å². The second kappa shape index (κ2) is 5.12. The Balaban J connectivity index is 2.40. The van der Waals surface area contributed by atoms with E-state index in [1.54, 1.807) is 24.1 Å². The van der Waals surface area contributed by atoms with Crippen LogP contribution in [0.15, 0.2) is 30.6 Å². The van der Waals surface area contributed by atoms with E-state index >= 15 is 0 Å². The maximum Gasteiger partial charge on any atom is 0.416 e. The number of thiocarbonyl (C=S) groups is 1. The van der Waals surface area contributed by atoms with Crippen molar-refractivity contribution in [2.45, 2.75) is 6.18 Å². The summed E-state index contributed by atoms with van der Waals surface area (Å²) in [5, 5.41) is 6.89. The summed E-state index contributed by atoms with van der Waals surface area (Å²) in [7, 11) is 1.73. The SMILES string of the molecule is Cn1cc(Nc2ccc(C(F)(F)F)cc2C(N)=S)cn1. The molecule has 3 N–H and O–H groups in total. The summed E-state index contributed by atoms with van der Waals surface area (Å²) >= 11 is 4.80. The summed E-state index contributed by atoms with van der Waals surface area (Å²) in [6.45, 7) is 0. The molecule has 1 aromatic heterocycles. The third-order valence-electron chi connectivity index (χ3n) is 2.60. The van der Waals surface area contributed by atoms with Gasteiger partial charge in [-0.05, 0) is 18.2 Å². The summed E-state index contributed by atoms with van der Waals surface area (Å²) in [6.07, 6.45) is -1.21. The Bertz CT molecular complexity index is 648. The second-order valence-electron chi connectivity index (χ2n) is 4.15. The normalized spacial score (nSPS) is 11.4. The Hall–Kier alpha value is -2.09. The van der Waals surface area contributed by atoms with Gasteiger partial charge in [0.2, 0.25) is 0 Å². The first-order chi connectivity index (χ1) is 9.27. The van der Waals surface area contributed by atoms with Crippen molar-refractivity contribution in [3.63, 3.8) is 0 Å². The zero-order valence-electron chi connectivity index (χ0n) is 10.4. The van der Waals surface area contributed by atoms with Crippen molar-refractivity contribution in [3.8, 4) is 0 Å². The number of nitrogens with zero attached hydrogens (tertiary/aromatic N) is 2. The maximum atomic E-state index is 12.7. The number of hydrogen-bond acceptors (Lipinski definition) is 3. The number of halogens is 3. The van der Waals surface area contributed by atoms with Gasteiger partial charge in [-0.2, -0.15) is 18.3 Å². The van der Waals surface area contributed by atoms with Crippen LogP contribution in [0.1, 0.15) is 11.1 Å². The highest BCUT2D eigenvalue weighted by Gasteiger charge is 2.31. The number of hydrogen-bond donors (Lipinski definition) is 2. The van der Waals surface area contributed by atoms with Crippen LogP contribution in [0.4, 0.5) is 24.5 Å². The molecule has 0 aliphatic heterocycles. The van der Waals surface area contributed by atoms with Gasteiger partial charge in [0, 0.05) is 24.5 Å². The van der Waals surface area contributed by atoms with Gasteiger partial charge in [0.25, 0.3) is 0 Å². The summed E-state index contributed by atoms with van der Waals surface area (Å²) in [6, 6.07) is 3.20. The molecule has 2 rings (SSSR count). The minimum Gasteiger partial charge on any atom is -0.389 e. The molecule has 0 spiro atoms. The lowest BCUT2D eigenvalue weighted by Crippen LogP contribution is -2.14. The van der Waals surface area contributed by atoms with Gasteiger partial charge < -0.3 is 11.1 Å². The molecule has 106 valence electrons. The number of benzene rings is 1. The predicted molar refractivity (Wildman–Crippen MR) is 73.8 cm³/mol. The standard InChI is InChI=1S/C12H11F3N4S/c1-19-6-8(5-17-19)18-10-3-2-7(12(13,14)15)4-9(10)11(16)20/h2-6,18H,1H3,(H2,16,20). The first-order valence-corrected chi connectivity index (χ1v) is 5.95. The molecule has 0 bridgehead atoms. The molecular formula is C12H11F3N4S. The van der Waals surface area contributed by atoms with Crippen molar-refractivity contribution in [2.75, 3.05) is 5.32 Å². The van der Waals surface area contributed by atoms with Crippen LogP contribution in [0.2, 0.25) is 0 Å². The van der Waals surface area contributed by atoms with Crippen LogP contribution in [0.25, 0.3) is 0 Å². The van der Waals surface area contributed by atoms with Gasteiger partial charge in [-0.3, -0.25) is 4.68 Å². The van der Waals surface area contributed by atoms with E-state index in [-0.39, 0.29) is 10.6 Å². The van der Waals surface area contributed by atoms with Gasteiger partial charge in [0.1, 0.15) is 4.99 Å². The van der Waals surface area contributed by atoms with Crippen molar-refractivity contribution in [3.05, 3.63) is 41.7 Å². The fourth-order valence-corrected chi connectivity index (χ4v) is 1.84. The number of anilines is 2. The van der Waals surface area contributed by atoms with Crippen LogP contribution in [-0.4, -0.2) is 14.8 Å². The third kappa shape index (κ3) is 3.08. The lowest BCUT2D eigenvalue weighted by atomic mass is 10.1. The fourth-order valence-electron chi connectivity index (χ4n) is 1.67. The lowest BCUT2D eigenvalue weighted by Gasteiger charge is -2.13. The van der Waals surface area contributed by atoms with E-state index in [4.69, 9.17) is 18.0 Å². The van der Waals surface area contributed by atoms with Gasteiger partial charge >= 0.3 is 6.18 Å². The molecule has 8 heteroatoms. The van der Waals surface area contributed by atoms with Crippen molar-refractivity contribution in [1.29, 1.82) is 0 Å². The van der Waals surface area contributed by atoms with Crippen LogP contribution in [0.5, 0.6) is 0 Å². The van der Waals surface area contributed by atoms with Crippen molar-refractivity contribution in [2.24, 2.45) is 12.8 Å². The molecule has 0 fully saturated rings. The molecule has 0 saturated heterocycles. The Morgan fingerprint density at radius 2 is 2.10 bits per heavy atom. The number of nitrogens with two attached hydrogens (primary N) is 1. The molecule has 0 aliphatic carbocycles. The Morgan fingerprint density at radius 1 is 1.40 bits per heavy atom. The number of rotatable bonds is 3. The molecule has 0 unspecified atom stereocenters. The molecule has 1 heterocycles. The van der Waals surface area contributed by atoms with Gasteiger partial charge in [0.05, 0.1) is 17.4 Å². The quantitative estimate of drug-likeness (QED) is 0.856. The molecule has 20 heavy (non-hydrogen) atoms. The highest BCUT2D eigenvalue weighted by molar-refractivity contribution is 7.80. The monoisotopic (exact) mass is 300 g/mol. The highest BCUT2D eigenvalue weighted by atomic mass is 32.1. The first kappa shape index (κ1) is 14.3. The Labute approximate surface area is 118 Å². The van der Waals surface area contributed by atoms with E-state index in [0.29, 0.717) is 11.4 Å². The zero-order valence-corrected chi connectivity index (χ0v) is 11.2. The summed E-state index contributed by atoms with van der Waals surface area (Å²) in [4.78, 5) is -0.109. The lowest BCUT2D eigenvalue weighted by molar-refractivity contribution is -0.137. The number of aromatic nitrogens is 2. The van der Waals surface area contributed by atoms with E-state index in [0.717, 1.165) is 12.1 Å². The van der Waals surface area contributed by atoms with Gasteiger partial charge in [-0.1, -0.05) is 12.2 Å². The first-order valence-electron chi connectivity index (χ1n) is 5.54. The van der Waals surface area contributed by atoms with Crippen LogP contribution < -0.4 is 11.1 Å². The third-order valence-corrected chi connectivity index (χ3v) is 2.82. The fraction of sp³-hybridized carbons (Fsp3) is 0.167. The topological polar surface area (TPSA) is 55.9 Å². The molecule has 0 radical (unpaired) electrons. The van der Waals surface area contributed by atoms with Gasteiger partial charge in [-0.15, -0.1) is 0 Å². The summed E-state index contributed by atoms with van der Waals surface area (Å²) in [5.41, 5.74) is 5.86. The molecule has 0 saturated carbocycles. The van der Waals surface area contributed by atoms with Gasteiger partial charge in [0.15, 0.2) is 0 Å². The maximum absolute atomic E-state index is 12.7. The zero-order chi connectivity index (χ0) is 14.9. The van der Waals surface area contributed by atoms with Crippen molar-refractivity contribution >= 4 is 28.6 Å². The van der Waals surface area contributed by atoms with Crippen molar-refractivity contribution < 1.29 is 13.2 Å². The van der Waals surface area contributed by atoms with Crippen LogP contribution in [0.3, 0.4) is 0 Å². The van der Waals surface area contributed by atoms with E-state index in [1.807, 2.05) is 0 Å². The van der Waals surface area contributed by atoms with Crippen molar-refractivity contribution in [1.82, 2.24) is 9.78 Å². The predicted octanol–water partition coefficient (Wildman–Crippen LogP) is 2.82. The van der Waals surface area contributed by atoms with E-state index in [1.165, 1.54) is 6.07 Å².